The summed E-state index contributed by atoms with van der Waals surface area (Å²) in [6, 6.07) is 17.1. The van der Waals surface area contributed by atoms with Gasteiger partial charge in [-0.3, -0.25) is 14.9 Å². The third-order valence-electron chi connectivity index (χ3n) is 4.15. The molecule has 6 nitrogen and oxygen atoms in total. The summed E-state index contributed by atoms with van der Waals surface area (Å²) in [5, 5.41) is 4.69. The number of esters is 1. The highest BCUT2D eigenvalue weighted by molar-refractivity contribution is 5.98. The molecule has 0 spiro atoms. The molecule has 0 aliphatic carbocycles. The number of benzene rings is 2. The van der Waals surface area contributed by atoms with Crippen molar-refractivity contribution in [2.24, 2.45) is 0 Å². The fraction of sp³-hybridized carbons (Fsp3) is 0.286. The van der Waals surface area contributed by atoms with Crippen LogP contribution < -0.4 is 10.6 Å². The fourth-order valence-electron chi connectivity index (χ4n) is 2.51. The molecule has 0 aromatic heterocycles. The quantitative estimate of drug-likeness (QED) is 0.768. The van der Waals surface area contributed by atoms with E-state index in [9.17, 15) is 14.4 Å². The van der Waals surface area contributed by atoms with Crippen molar-refractivity contribution in [1.29, 1.82) is 0 Å². The minimum Gasteiger partial charge on any atom is -0.447 e. The Balaban J connectivity index is 2.25. The molecule has 0 heterocycles. The maximum Gasteiger partial charge on any atom is 0.321 e. The van der Waals surface area contributed by atoms with Crippen molar-refractivity contribution in [2.75, 3.05) is 6.54 Å². The van der Waals surface area contributed by atoms with Crippen LogP contribution in [0.5, 0.6) is 0 Å². The average molecular weight is 368 g/mol. The molecule has 3 amide bonds. The van der Waals surface area contributed by atoms with Gasteiger partial charge >= 0.3 is 12.0 Å². The lowest BCUT2D eigenvalue weighted by atomic mass is 9.85. The van der Waals surface area contributed by atoms with Crippen molar-refractivity contribution in [3.8, 4) is 0 Å². The smallest absolute Gasteiger partial charge is 0.321 e. The number of imide groups is 1. The summed E-state index contributed by atoms with van der Waals surface area (Å²) in [5.74, 6) is -1.27. The van der Waals surface area contributed by atoms with E-state index in [2.05, 4.69) is 10.6 Å². The zero-order valence-corrected chi connectivity index (χ0v) is 15.7. The normalized spacial score (nSPS) is 12.0. The van der Waals surface area contributed by atoms with Crippen LogP contribution >= 0.6 is 0 Å². The van der Waals surface area contributed by atoms with Gasteiger partial charge in [0.15, 0.2) is 0 Å². The molecule has 0 fully saturated rings. The molecule has 0 unspecified atom stereocenters. The standard InChI is InChI=1S/C21H24N2O4/c1-4-22-20(26)23-18(24)17(15-11-7-5-8-12-15)27-19(25)21(2,3)16-13-9-6-10-14-16/h5-14,17H,4H2,1-3H3,(H2,22,23,24,26)/t17-/m1/s1. The first kappa shape index (κ1) is 20.2. The number of rotatable bonds is 6. The molecular formula is C21H24N2O4. The maximum absolute atomic E-state index is 12.9. The molecule has 0 aliphatic rings. The first-order valence-corrected chi connectivity index (χ1v) is 8.76. The molecule has 2 aromatic rings. The van der Waals surface area contributed by atoms with E-state index in [0.717, 1.165) is 5.56 Å². The number of carbonyl (C=O) groups is 3. The minimum atomic E-state index is -1.23. The first-order chi connectivity index (χ1) is 12.9. The fourth-order valence-corrected chi connectivity index (χ4v) is 2.51. The number of carbonyl (C=O) groups excluding carboxylic acids is 3. The van der Waals surface area contributed by atoms with Crippen LogP contribution in [0.1, 0.15) is 38.0 Å². The predicted octanol–water partition coefficient (Wildman–Crippen LogP) is 3.09. The third kappa shape index (κ3) is 5.17. The lowest BCUT2D eigenvalue weighted by Crippen LogP contribution is -2.43. The summed E-state index contributed by atoms with van der Waals surface area (Å²) in [6.07, 6.45) is -1.23. The molecule has 6 heteroatoms. The van der Waals surface area contributed by atoms with Gasteiger partial charge in [-0.1, -0.05) is 60.7 Å². The minimum absolute atomic E-state index is 0.371. The molecule has 2 rings (SSSR count). The van der Waals surface area contributed by atoms with Crippen LogP contribution in [-0.4, -0.2) is 24.5 Å². The number of hydrogen-bond acceptors (Lipinski definition) is 4. The molecule has 2 N–H and O–H groups in total. The molecule has 0 saturated carbocycles. The van der Waals surface area contributed by atoms with E-state index in [0.29, 0.717) is 12.1 Å². The Hall–Kier alpha value is -3.15. The second kappa shape index (κ2) is 8.98. The summed E-state index contributed by atoms with van der Waals surface area (Å²) in [5.41, 5.74) is 0.294. The molecule has 27 heavy (non-hydrogen) atoms. The van der Waals surface area contributed by atoms with E-state index >= 15 is 0 Å². The summed E-state index contributed by atoms with van der Waals surface area (Å²) in [7, 11) is 0. The van der Waals surface area contributed by atoms with Crippen LogP contribution in [-0.2, 0) is 19.7 Å². The Labute approximate surface area is 158 Å². The first-order valence-electron chi connectivity index (χ1n) is 8.76. The topological polar surface area (TPSA) is 84.5 Å². The summed E-state index contributed by atoms with van der Waals surface area (Å²) >= 11 is 0. The van der Waals surface area contributed by atoms with Gasteiger partial charge in [-0.2, -0.15) is 0 Å². The SMILES string of the molecule is CCNC(=O)NC(=O)[C@H](OC(=O)C(C)(C)c1ccccc1)c1ccccc1. The van der Waals surface area contributed by atoms with Gasteiger partial charge in [0.05, 0.1) is 5.41 Å². The second-order valence-corrected chi connectivity index (χ2v) is 6.54. The lowest BCUT2D eigenvalue weighted by molar-refractivity contribution is -0.160. The van der Waals surface area contributed by atoms with Crippen molar-refractivity contribution in [1.82, 2.24) is 10.6 Å². The van der Waals surface area contributed by atoms with Crippen LogP contribution in [0, 0.1) is 0 Å². The maximum atomic E-state index is 12.9. The van der Waals surface area contributed by atoms with E-state index in [1.165, 1.54) is 0 Å². The molecule has 1 atom stereocenters. The Morgan fingerprint density at radius 3 is 2.07 bits per heavy atom. The molecule has 0 bridgehead atoms. The van der Waals surface area contributed by atoms with Crippen LogP contribution in [0.15, 0.2) is 60.7 Å². The Morgan fingerprint density at radius 2 is 1.52 bits per heavy atom. The largest absolute Gasteiger partial charge is 0.447 e. The van der Waals surface area contributed by atoms with Crippen molar-refractivity contribution < 1.29 is 19.1 Å². The van der Waals surface area contributed by atoms with E-state index in [1.54, 1.807) is 51.1 Å². The number of urea groups is 1. The highest BCUT2D eigenvalue weighted by Gasteiger charge is 2.36. The monoisotopic (exact) mass is 368 g/mol. The van der Waals surface area contributed by atoms with Crippen LogP contribution in [0.25, 0.3) is 0 Å². The number of amides is 3. The van der Waals surface area contributed by atoms with Crippen molar-refractivity contribution in [3.05, 3.63) is 71.8 Å². The molecule has 142 valence electrons. The van der Waals surface area contributed by atoms with Gasteiger partial charge in [-0.15, -0.1) is 0 Å². The second-order valence-electron chi connectivity index (χ2n) is 6.54. The number of ether oxygens (including phenoxy) is 1. The van der Waals surface area contributed by atoms with Gasteiger partial charge in [0.25, 0.3) is 5.91 Å². The van der Waals surface area contributed by atoms with Gasteiger partial charge in [0.2, 0.25) is 6.10 Å². The van der Waals surface area contributed by atoms with Crippen LogP contribution in [0.3, 0.4) is 0 Å². The number of nitrogens with one attached hydrogen (secondary N) is 2. The summed E-state index contributed by atoms with van der Waals surface area (Å²) in [4.78, 5) is 37.2. The molecular weight excluding hydrogens is 344 g/mol. The van der Waals surface area contributed by atoms with Crippen molar-refractivity contribution in [2.45, 2.75) is 32.3 Å². The lowest BCUT2D eigenvalue weighted by Gasteiger charge is -2.26. The molecule has 0 radical (unpaired) electrons. The highest BCUT2D eigenvalue weighted by Crippen LogP contribution is 2.28. The van der Waals surface area contributed by atoms with Gasteiger partial charge < -0.3 is 10.1 Å². The van der Waals surface area contributed by atoms with Gasteiger partial charge in [-0.05, 0) is 26.3 Å². The third-order valence-corrected chi connectivity index (χ3v) is 4.15. The highest BCUT2D eigenvalue weighted by atomic mass is 16.5. The molecule has 2 aromatic carbocycles. The van der Waals surface area contributed by atoms with Crippen molar-refractivity contribution >= 4 is 17.9 Å². The molecule has 0 aliphatic heterocycles. The Bertz CT molecular complexity index is 788. The zero-order valence-electron chi connectivity index (χ0n) is 15.7. The summed E-state index contributed by atoms with van der Waals surface area (Å²) in [6.45, 7) is 5.57. The van der Waals surface area contributed by atoms with Crippen LogP contribution in [0.2, 0.25) is 0 Å². The van der Waals surface area contributed by atoms with Gasteiger partial charge in [0, 0.05) is 12.1 Å². The van der Waals surface area contributed by atoms with E-state index < -0.39 is 29.4 Å². The average Bonchev–Trinajstić information content (AvgIpc) is 2.67. The van der Waals surface area contributed by atoms with Gasteiger partial charge in [-0.25, -0.2) is 4.79 Å². The van der Waals surface area contributed by atoms with Crippen LogP contribution in [0.4, 0.5) is 4.79 Å². The molecule has 0 saturated heterocycles. The van der Waals surface area contributed by atoms with E-state index in [1.807, 2.05) is 30.3 Å². The van der Waals surface area contributed by atoms with Gasteiger partial charge in [0.1, 0.15) is 0 Å². The Morgan fingerprint density at radius 1 is 0.963 bits per heavy atom. The van der Waals surface area contributed by atoms with E-state index in [4.69, 9.17) is 4.74 Å². The summed E-state index contributed by atoms with van der Waals surface area (Å²) < 4.78 is 5.57. The van der Waals surface area contributed by atoms with Crippen molar-refractivity contribution in [3.63, 3.8) is 0 Å². The Kier molecular flexibility index (Phi) is 6.71. The number of hydrogen-bond donors (Lipinski definition) is 2. The zero-order chi connectivity index (χ0) is 19.9. The van der Waals surface area contributed by atoms with E-state index in [-0.39, 0.29) is 0 Å². The predicted molar refractivity (Wildman–Crippen MR) is 102 cm³/mol.